The third-order valence-corrected chi connectivity index (χ3v) is 1.07. The van der Waals surface area contributed by atoms with Gasteiger partial charge >= 0.3 is 1.43 Å². The number of hydrogen-bond donors (Lipinski definition) is 0. The lowest BCUT2D eigenvalue weighted by Gasteiger charge is -1.78. The zero-order valence-electron chi connectivity index (χ0n) is 5.07. The molecule has 0 amide bonds. The highest BCUT2D eigenvalue weighted by Crippen LogP contribution is 2.20. The molecule has 0 saturated heterocycles. The maximum atomic E-state index is 3.86. The van der Waals surface area contributed by atoms with Crippen LogP contribution in [0, 0.1) is 0 Å². The minimum Gasteiger partial charge on any atom is -0.262 e. The molecule has 2 rings (SSSR count). The Morgan fingerprint density at radius 2 is 2.38 bits per heavy atom. The predicted molar refractivity (Wildman–Crippen MR) is 30.6 cm³/mol. The van der Waals surface area contributed by atoms with Gasteiger partial charge in [0.05, 0.1) is 12.4 Å². The van der Waals surface area contributed by atoms with E-state index in [1.165, 1.54) is 0 Å². The van der Waals surface area contributed by atoms with E-state index >= 15 is 0 Å². The van der Waals surface area contributed by atoms with Crippen molar-refractivity contribution >= 4 is 6.21 Å². The summed E-state index contributed by atoms with van der Waals surface area (Å²) in [6, 6.07) is 0. The second-order valence-corrected chi connectivity index (χ2v) is 1.59. The minimum absolute atomic E-state index is 0. The highest BCUT2D eigenvalue weighted by molar-refractivity contribution is 5.88. The topological polar surface area (TPSA) is 37.1 Å². The van der Waals surface area contributed by atoms with Gasteiger partial charge in [-0.3, -0.25) is 4.99 Å². The number of azo groups is 1. The molecular weight excluding hydrogens is 102 g/mol. The molecule has 0 N–H and O–H groups in total. The molecule has 0 radical (unpaired) electrons. The molecule has 2 aliphatic heterocycles. The van der Waals surface area contributed by atoms with E-state index in [0.29, 0.717) is 0 Å². The molecule has 0 aromatic rings. The summed E-state index contributed by atoms with van der Waals surface area (Å²) in [6.07, 6.45) is 5.14. The first-order valence-electron chi connectivity index (χ1n) is 2.31. The van der Waals surface area contributed by atoms with E-state index in [4.69, 9.17) is 0 Å². The fourth-order valence-corrected chi connectivity index (χ4v) is 0.665. The first-order valence-corrected chi connectivity index (χ1v) is 2.31. The molecule has 0 aromatic carbocycles. The molecule has 0 bridgehead atoms. The van der Waals surface area contributed by atoms with Crippen LogP contribution in [0.4, 0.5) is 0 Å². The van der Waals surface area contributed by atoms with Crippen LogP contribution in [-0.2, 0) is 0 Å². The van der Waals surface area contributed by atoms with E-state index in [1.54, 1.807) is 18.6 Å². The van der Waals surface area contributed by atoms with Crippen molar-refractivity contribution in [2.75, 3.05) is 0 Å². The van der Waals surface area contributed by atoms with Crippen LogP contribution < -0.4 is 0 Å². The van der Waals surface area contributed by atoms with Crippen LogP contribution in [0.1, 0.15) is 1.43 Å². The average Bonchev–Trinajstić information content (AvgIpc) is 2.15. The lowest BCUT2D eigenvalue weighted by Crippen LogP contribution is -1.73. The van der Waals surface area contributed by atoms with Gasteiger partial charge in [-0.05, 0) is 0 Å². The summed E-state index contributed by atoms with van der Waals surface area (Å²) in [5, 5.41) is 7.44. The van der Waals surface area contributed by atoms with Gasteiger partial charge in [0.1, 0.15) is 5.70 Å². The van der Waals surface area contributed by atoms with Gasteiger partial charge < -0.3 is 0 Å². The summed E-state index contributed by atoms with van der Waals surface area (Å²) in [4.78, 5) is 3.86. The predicted octanol–water partition coefficient (Wildman–Crippen LogP) is 1.37. The van der Waals surface area contributed by atoms with Crippen molar-refractivity contribution in [3.8, 4) is 0 Å². The lowest BCUT2D eigenvalue weighted by molar-refractivity contribution is 1.23. The number of fused-ring (bicyclic) bond motifs is 1. The standard InChI is InChI=1S/C5H3N3/c1-4-2-7-8-5(4)3-6-1/h1-3H/p+1. The molecule has 0 spiro atoms. The third kappa shape index (κ3) is 0.307. The van der Waals surface area contributed by atoms with Gasteiger partial charge in [0.15, 0.2) is 0 Å². The quantitative estimate of drug-likeness (QED) is 0.447. The Morgan fingerprint density at radius 1 is 1.38 bits per heavy atom. The monoisotopic (exact) mass is 106 g/mol. The summed E-state index contributed by atoms with van der Waals surface area (Å²) >= 11 is 0. The third-order valence-electron chi connectivity index (χ3n) is 1.07. The maximum absolute atomic E-state index is 3.86. The molecule has 0 aliphatic carbocycles. The Morgan fingerprint density at radius 3 is 3.25 bits per heavy atom. The number of hydrogen-bond acceptors (Lipinski definition) is 3. The highest BCUT2D eigenvalue weighted by Gasteiger charge is 2.09. The fraction of sp³-hybridized carbons (Fsp3) is 0. The average molecular weight is 106 g/mol. The second-order valence-electron chi connectivity index (χ2n) is 1.59. The molecule has 0 unspecified atom stereocenters. The van der Waals surface area contributed by atoms with Gasteiger partial charge in [0.25, 0.3) is 0 Å². The van der Waals surface area contributed by atoms with Crippen molar-refractivity contribution in [1.29, 1.82) is 0 Å². The fourth-order valence-electron chi connectivity index (χ4n) is 0.665. The van der Waals surface area contributed by atoms with Crippen LogP contribution in [0.25, 0.3) is 0 Å². The van der Waals surface area contributed by atoms with Crippen LogP contribution >= 0.6 is 0 Å². The summed E-state index contributed by atoms with van der Waals surface area (Å²) in [5.74, 6) is 0. The number of nitrogens with zero attached hydrogens (tertiary/aromatic N) is 3. The molecule has 0 atom stereocenters. The van der Waals surface area contributed by atoms with Crippen molar-refractivity contribution in [2.24, 2.45) is 15.2 Å². The van der Waals surface area contributed by atoms with Gasteiger partial charge in [0.2, 0.25) is 0 Å². The van der Waals surface area contributed by atoms with Crippen molar-refractivity contribution in [2.45, 2.75) is 0 Å². The Hall–Kier alpha value is -1.25. The smallest absolute Gasteiger partial charge is 0.262 e. The zero-order valence-corrected chi connectivity index (χ0v) is 4.07. The van der Waals surface area contributed by atoms with Gasteiger partial charge in [0, 0.05) is 11.8 Å². The molecule has 8 heavy (non-hydrogen) atoms. The molecule has 3 heteroatoms. The number of allylic oxidation sites excluding steroid dienone is 1. The normalized spacial score (nSPS) is 21.0. The number of rotatable bonds is 0. The first kappa shape index (κ1) is 3.72. The number of aliphatic imine (C=N–C) groups is 1. The molecular formula is C5H4N3+. The van der Waals surface area contributed by atoms with E-state index in [1.807, 2.05) is 0 Å². The van der Waals surface area contributed by atoms with Crippen LogP contribution in [0.2, 0.25) is 0 Å². The van der Waals surface area contributed by atoms with E-state index in [2.05, 4.69) is 15.2 Å². The Kier molecular flexibility index (Phi) is 0.521. The van der Waals surface area contributed by atoms with Crippen molar-refractivity contribution < 1.29 is 1.43 Å². The summed E-state index contributed by atoms with van der Waals surface area (Å²) < 4.78 is 0. The van der Waals surface area contributed by atoms with Crippen molar-refractivity contribution in [3.63, 3.8) is 0 Å². The molecule has 2 aliphatic rings. The van der Waals surface area contributed by atoms with E-state index in [0.717, 1.165) is 11.3 Å². The molecule has 38 valence electrons. The molecule has 3 nitrogen and oxygen atoms in total. The Labute approximate surface area is 47.6 Å². The molecule has 2 heterocycles. The zero-order chi connectivity index (χ0) is 5.40. The largest absolute Gasteiger partial charge is 1.00 e. The van der Waals surface area contributed by atoms with Crippen molar-refractivity contribution in [3.05, 3.63) is 23.7 Å². The van der Waals surface area contributed by atoms with E-state index in [9.17, 15) is 0 Å². The van der Waals surface area contributed by atoms with Gasteiger partial charge in [-0.25, -0.2) is 0 Å². The first-order chi connectivity index (χ1) is 3.97. The molecule has 0 saturated carbocycles. The van der Waals surface area contributed by atoms with Gasteiger partial charge in [-0.15, -0.1) is 5.11 Å². The molecule has 0 fully saturated rings. The lowest BCUT2D eigenvalue weighted by atomic mass is 10.3. The van der Waals surface area contributed by atoms with Gasteiger partial charge in [-0.1, -0.05) is 0 Å². The summed E-state index contributed by atoms with van der Waals surface area (Å²) in [7, 11) is 0. The molecule has 0 aromatic heterocycles. The maximum Gasteiger partial charge on any atom is 1.00 e. The van der Waals surface area contributed by atoms with Crippen LogP contribution in [0.3, 0.4) is 0 Å². The van der Waals surface area contributed by atoms with Crippen LogP contribution in [0.15, 0.2) is 38.9 Å². The van der Waals surface area contributed by atoms with Crippen molar-refractivity contribution in [1.82, 2.24) is 0 Å². The van der Waals surface area contributed by atoms with Gasteiger partial charge in [-0.2, -0.15) is 5.11 Å². The summed E-state index contributed by atoms with van der Waals surface area (Å²) in [5.41, 5.74) is 1.90. The highest BCUT2D eigenvalue weighted by atomic mass is 15.1. The van der Waals surface area contributed by atoms with Crippen LogP contribution in [-0.4, -0.2) is 6.21 Å². The SMILES string of the molecule is C1=NC=C2N=NC=C12.[H+]. The second kappa shape index (κ2) is 1.12. The van der Waals surface area contributed by atoms with E-state index < -0.39 is 0 Å². The van der Waals surface area contributed by atoms with E-state index in [-0.39, 0.29) is 1.43 Å². The van der Waals surface area contributed by atoms with Crippen LogP contribution in [0.5, 0.6) is 0 Å². The summed E-state index contributed by atoms with van der Waals surface area (Å²) in [6.45, 7) is 0. The Balaban J connectivity index is 0.000000405. The Bertz CT molecular complexity index is 211. The minimum atomic E-state index is 0.